The topological polar surface area (TPSA) is 91.8 Å². The van der Waals surface area contributed by atoms with Crippen LogP contribution in [0.25, 0.3) is 0 Å². The van der Waals surface area contributed by atoms with Gasteiger partial charge in [0.15, 0.2) is 0 Å². The molecule has 0 spiro atoms. The van der Waals surface area contributed by atoms with Crippen molar-refractivity contribution >= 4 is 29.1 Å². The lowest BCUT2D eigenvalue weighted by Gasteiger charge is -2.40. The molecule has 0 saturated carbocycles. The van der Waals surface area contributed by atoms with Gasteiger partial charge in [0.2, 0.25) is 11.8 Å². The molecule has 8 heteroatoms. The number of pyridine rings is 1. The highest BCUT2D eigenvalue weighted by Crippen LogP contribution is 2.45. The molecule has 5 rings (SSSR count). The highest BCUT2D eigenvalue weighted by atomic mass is 16.5. The summed E-state index contributed by atoms with van der Waals surface area (Å²) in [7, 11) is 1.48. The number of para-hydroxylation sites is 1. The van der Waals surface area contributed by atoms with Crippen LogP contribution in [0.4, 0.5) is 11.4 Å². The molecule has 3 aromatic rings. The van der Waals surface area contributed by atoms with E-state index in [2.05, 4.69) is 10.3 Å². The summed E-state index contributed by atoms with van der Waals surface area (Å²) < 4.78 is 5.17. The van der Waals surface area contributed by atoms with Gasteiger partial charge in [0, 0.05) is 30.3 Å². The van der Waals surface area contributed by atoms with Gasteiger partial charge < -0.3 is 15.0 Å². The molecule has 32 heavy (non-hydrogen) atoms. The fraction of sp³-hybridized carbons (Fsp3) is 0.167. The summed E-state index contributed by atoms with van der Waals surface area (Å²) >= 11 is 0. The maximum Gasteiger partial charge on any atom is 0.260 e. The predicted molar refractivity (Wildman–Crippen MR) is 118 cm³/mol. The monoisotopic (exact) mass is 428 g/mol. The second kappa shape index (κ2) is 7.81. The van der Waals surface area contributed by atoms with E-state index in [1.54, 1.807) is 52.4 Å². The molecule has 0 saturated heterocycles. The number of carbonyl (C=O) groups excluding carboxylic acids is 3. The third kappa shape index (κ3) is 3.08. The second-order valence-electron chi connectivity index (χ2n) is 7.51. The molecule has 1 N–H and O–H groups in total. The van der Waals surface area contributed by atoms with Crippen molar-refractivity contribution in [2.45, 2.75) is 12.6 Å². The van der Waals surface area contributed by atoms with E-state index in [1.165, 1.54) is 7.11 Å². The van der Waals surface area contributed by atoms with Gasteiger partial charge in [-0.25, -0.2) is 4.98 Å². The van der Waals surface area contributed by atoms with Gasteiger partial charge in [-0.3, -0.25) is 19.3 Å². The molecule has 2 aliphatic rings. The van der Waals surface area contributed by atoms with Crippen molar-refractivity contribution in [1.82, 2.24) is 9.88 Å². The number of carbonyl (C=O) groups is 3. The van der Waals surface area contributed by atoms with Gasteiger partial charge >= 0.3 is 0 Å². The number of ether oxygens (including phenoxy) is 1. The molecular weight excluding hydrogens is 408 g/mol. The Morgan fingerprint density at radius 3 is 2.56 bits per heavy atom. The number of fused-ring (bicyclic) bond motifs is 5. The number of hydrogen-bond acceptors (Lipinski definition) is 5. The maximum atomic E-state index is 13.4. The zero-order chi connectivity index (χ0) is 22.2. The predicted octanol–water partition coefficient (Wildman–Crippen LogP) is 3.23. The van der Waals surface area contributed by atoms with Gasteiger partial charge in [-0.15, -0.1) is 0 Å². The first-order valence-corrected chi connectivity index (χ1v) is 10.2. The molecule has 8 nitrogen and oxygen atoms in total. The molecule has 0 unspecified atom stereocenters. The van der Waals surface area contributed by atoms with Crippen LogP contribution in [-0.4, -0.2) is 41.3 Å². The van der Waals surface area contributed by atoms with Crippen LogP contribution in [0.1, 0.15) is 38.9 Å². The van der Waals surface area contributed by atoms with Crippen molar-refractivity contribution in [2.75, 3.05) is 23.9 Å². The average Bonchev–Trinajstić information content (AvgIpc) is 3.12. The summed E-state index contributed by atoms with van der Waals surface area (Å²) in [5.41, 5.74) is 2.81. The number of nitrogens with zero attached hydrogens (tertiary/aromatic N) is 3. The third-order valence-corrected chi connectivity index (χ3v) is 5.70. The summed E-state index contributed by atoms with van der Waals surface area (Å²) in [4.78, 5) is 46.5. The van der Waals surface area contributed by atoms with Crippen LogP contribution in [0, 0.1) is 0 Å². The van der Waals surface area contributed by atoms with Crippen LogP contribution in [0.15, 0.2) is 66.9 Å². The molecule has 160 valence electrons. The molecule has 0 bridgehead atoms. The smallest absolute Gasteiger partial charge is 0.260 e. The van der Waals surface area contributed by atoms with Crippen LogP contribution >= 0.6 is 0 Å². The molecule has 1 aromatic heterocycles. The van der Waals surface area contributed by atoms with Gasteiger partial charge in [0.05, 0.1) is 18.4 Å². The first kappa shape index (κ1) is 19.7. The van der Waals surface area contributed by atoms with Gasteiger partial charge in [0.25, 0.3) is 11.8 Å². The quantitative estimate of drug-likeness (QED) is 0.674. The number of nitrogens with one attached hydrogen (secondary N) is 1. The summed E-state index contributed by atoms with van der Waals surface area (Å²) in [6, 6.07) is 17.7. The average molecular weight is 428 g/mol. The first-order chi connectivity index (χ1) is 15.6. The van der Waals surface area contributed by atoms with E-state index in [4.69, 9.17) is 4.74 Å². The van der Waals surface area contributed by atoms with E-state index >= 15 is 0 Å². The van der Waals surface area contributed by atoms with Crippen molar-refractivity contribution < 1.29 is 19.1 Å². The minimum Gasteiger partial charge on any atom is -0.480 e. The Hall–Kier alpha value is -4.20. The summed E-state index contributed by atoms with van der Waals surface area (Å²) in [6.07, 6.45) is 1.04. The minimum atomic E-state index is -0.582. The van der Waals surface area contributed by atoms with Crippen molar-refractivity contribution in [3.8, 4) is 5.88 Å². The highest BCUT2D eigenvalue weighted by Gasteiger charge is 2.47. The van der Waals surface area contributed by atoms with Crippen LogP contribution in [0.5, 0.6) is 5.88 Å². The Kier molecular flexibility index (Phi) is 4.82. The number of anilines is 2. The maximum absolute atomic E-state index is 13.4. The standard InChI is InChI=1S/C24H20N4O4/c1-32-21-18(10-6-13-25-21)26-20(29)12-14-27-22-15-7-2-3-8-16(15)24(31)28(22)19-11-5-4-9-17(19)23(27)30/h2-11,13,22H,12,14H2,1H3,(H,26,29)/t22-/m0/s1. The molecule has 0 fully saturated rings. The summed E-state index contributed by atoms with van der Waals surface area (Å²) in [6.45, 7) is 0.143. The summed E-state index contributed by atoms with van der Waals surface area (Å²) in [5, 5.41) is 2.78. The van der Waals surface area contributed by atoms with Crippen LogP contribution in [0.2, 0.25) is 0 Å². The van der Waals surface area contributed by atoms with E-state index in [0.29, 0.717) is 28.4 Å². The lowest BCUT2D eigenvalue weighted by Crippen LogP contribution is -2.49. The Bertz CT molecular complexity index is 1240. The van der Waals surface area contributed by atoms with Crippen LogP contribution in [-0.2, 0) is 4.79 Å². The van der Waals surface area contributed by atoms with E-state index in [0.717, 1.165) is 5.56 Å². The van der Waals surface area contributed by atoms with E-state index in [1.807, 2.05) is 24.3 Å². The molecule has 3 amide bonds. The molecule has 0 aliphatic carbocycles. The van der Waals surface area contributed by atoms with Gasteiger partial charge in [0.1, 0.15) is 11.9 Å². The number of aromatic nitrogens is 1. The van der Waals surface area contributed by atoms with Crippen LogP contribution < -0.4 is 15.0 Å². The molecular formula is C24H20N4O4. The van der Waals surface area contributed by atoms with Gasteiger partial charge in [-0.2, -0.15) is 0 Å². The van der Waals surface area contributed by atoms with Gasteiger partial charge in [-0.05, 0) is 30.3 Å². The highest BCUT2D eigenvalue weighted by molar-refractivity contribution is 6.16. The number of rotatable bonds is 5. The SMILES string of the molecule is COc1ncccc1NC(=O)CCN1C(=O)c2ccccc2N2C(=O)c3ccccc3[C@@H]12. The Balaban J connectivity index is 1.44. The fourth-order valence-corrected chi connectivity index (χ4v) is 4.28. The number of methoxy groups -OCH3 is 1. The second-order valence-corrected chi connectivity index (χ2v) is 7.51. The van der Waals surface area contributed by atoms with E-state index < -0.39 is 6.17 Å². The van der Waals surface area contributed by atoms with Crippen molar-refractivity contribution in [3.05, 3.63) is 83.6 Å². The summed E-state index contributed by atoms with van der Waals surface area (Å²) in [5.74, 6) is -0.337. The largest absolute Gasteiger partial charge is 0.480 e. The fourth-order valence-electron chi connectivity index (χ4n) is 4.28. The molecule has 1 atom stereocenters. The lowest BCUT2D eigenvalue weighted by molar-refractivity contribution is -0.116. The number of amides is 3. The van der Waals surface area contributed by atoms with E-state index in [-0.39, 0.29) is 30.7 Å². The van der Waals surface area contributed by atoms with Gasteiger partial charge in [-0.1, -0.05) is 30.3 Å². The van der Waals surface area contributed by atoms with Crippen molar-refractivity contribution in [1.29, 1.82) is 0 Å². The number of hydrogen-bond donors (Lipinski definition) is 1. The Morgan fingerprint density at radius 1 is 1.00 bits per heavy atom. The molecule has 3 heterocycles. The normalized spacial score (nSPS) is 16.3. The first-order valence-electron chi connectivity index (χ1n) is 10.2. The van der Waals surface area contributed by atoms with Crippen LogP contribution in [0.3, 0.4) is 0 Å². The molecule has 2 aliphatic heterocycles. The molecule has 0 radical (unpaired) electrons. The lowest BCUT2D eigenvalue weighted by atomic mass is 10.0. The van der Waals surface area contributed by atoms with Crippen molar-refractivity contribution in [3.63, 3.8) is 0 Å². The zero-order valence-corrected chi connectivity index (χ0v) is 17.3. The van der Waals surface area contributed by atoms with E-state index in [9.17, 15) is 14.4 Å². The molecule has 2 aromatic carbocycles. The third-order valence-electron chi connectivity index (χ3n) is 5.70. The number of benzene rings is 2. The zero-order valence-electron chi connectivity index (χ0n) is 17.3. The minimum absolute atomic E-state index is 0.0483. The Labute approximate surface area is 184 Å². The van der Waals surface area contributed by atoms with Crippen molar-refractivity contribution in [2.24, 2.45) is 0 Å². The Morgan fingerprint density at radius 2 is 1.75 bits per heavy atom.